The van der Waals surface area contributed by atoms with Gasteiger partial charge in [-0.1, -0.05) is 0 Å². The van der Waals surface area contributed by atoms with Crippen LogP contribution in [0, 0.1) is 5.92 Å². The highest BCUT2D eigenvalue weighted by atomic mass is 19.1. The van der Waals surface area contributed by atoms with Crippen molar-refractivity contribution in [2.75, 3.05) is 24.7 Å². The van der Waals surface area contributed by atoms with Crippen LogP contribution < -0.4 is 15.4 Å². The molecule has 1 aliphatic carbocycles. The largest absolute Gasteiger partial charge is 0.495 e. The summed E-state index contributed by atoms with van der Waals surface area (Å²) in [4.78, 5) is 25.1. The van der Waals surface area contributed by atoms with Gasteiger partial charge in [-0.05, 0) is 24.6 Å². The first-order chi connectivity index (χ1) is 15.7. The van der Waals surface area contributed by atoms with E-state index in [-0.39, 0.29) is 18.1 Å². The van der Waals surface area contributed by atoms with Crippen molar-refractivity contribution < 1.29 is 18.0 Å². The van der Waals surface area contributed by atoms with Crippen LogP contribution >= 0.6 is 0 Å². The third-order valence-corrected chi connectivity index (χ3v) is 4.97. The van der Waals surface area contributed by atoms with Gasteiger partial charge >= 0.3 is 0 Å². The van der Waals surface area contributed by atoms with E-state index in [0.717, 1.165) is 0 Å². The Morgan fingerprint density at radius 1 is 1.33 bits per heavy atom. The minimum absolute atomic E-state index is 0.0931. The zero-order valence-corrected chi connectivity index (χ0v) is 15.8. The highest BCUT2D eigenvalue weighted by Gasteiger charge is 2.43. The van der Waals surface area contributed by atoms with E-state index in [1.54, 1.807) is 36.0 Å². The summed E-state index contributed by atoms with van der Waals surface area (Å²) in [5.74, 6) is 0.0844. The van der Waals surface area contributed by atoms with Crippen molar-refractivity contribution in [3.63, 3.8) is 0 Å². The highest BCUT2D eigenvalue weighted by Crippen LogP contribution is 2.35. The first kappa shape index (κ1) is 15.1. The molecule has 9 nitrogen and oxygen atoms in total. The molecule has 5 rings (SSSR count). The molecule has 4 aromatic rings. The number of fused-ring (bicyclic) bond motifs is 2. The number of halogens is 1. The first-order valence-corrected chi connectivity index (χ1v) is 9.14. The van der Waals surface area contributed by atoms with Crippen LogP contribution in [0.2, 0.25) is 0 Å². The number of ether oxygens (including phenoxy) is 1. The fraction of sp³-hybridized carbons (Fsp3) is 0.250. The van der Waals surface area contributed by atoms with E-state index in [1.165, 1.54) is 12.4 Å². The van der Waals surface area contributed by atoms with E-state index < -0.39 is 25.0 Å². The zero-order chi connectivity index (χ0) is 23.3. The molecule has 0 aromatic carbocycles. The summed E-state index contributed by atoms with van der Waals surface area (Å²) in [5.41, 5.74) is 1.06. The second-order valence-electron chi connectivity index (χ2n) is 6.92. The van der Waals surface area contributed by atoms with E-state index >= 15 is 0 Å². The third kappa shape index (κ3) is 3.06. The lowest BCUT2D eigenvalue weighted by Gasteiger charge is -2.10. The number of methoxy groups -OCH3 is 1. The van der Waals surface area contributed by atoms with Crippen molar-refractivity contribution in [3.8, 4) is 17.1 Å². The van der Waals surface area contributed by atoms with Crippen LogP contribution in [0.1, 0.15) is 10.5 Å². The predicted octanol–water partition coefficient (Wildman–Crippen LogP) is 2.69. The molecule has 152 valence electrons. The molecule has 4 aromatic heterocycles. The van der Waals surface area contributed by atoms with Gasteiger partial charge in [0.2, 0.25) is 5.91 Å². The molecule has 0 aliphatic heterocycles. The lowest BCUT2D eigenvalue weighted by molar-refractivity contribution is -0.117. The molecule has 10 heteroatoms. The maximum atomic E-state index is 13.3. The molecule has 30 heavy (non-hydrogen) atoms. The van der Waals surface area contributed by atoms with Gasteiger partial charge in [0.25, 0.3) is 0 Å². The zero-order valence-electron chi connectivity index (χ0n) is 18.8. The number of hydrogen-bond donors (Lipinski definition) is 2. The maximum absolute atomic E-state index is 13.3. The average molecular weight is 410 g/mol. The molecule has 4 heterocycles. The Balaban J connectivity index is 1.62. The third-order valence-electron chi connectivity index (χ3n) is 4.97. The molecule has 1 amide bonds. The molecule has 2 atom stereocenters. The number of alkyl halides is 1. The SMILES string of the molecule is [2H]C([2H])([2H])Nc1ncc(-c2nc3ccc(OC)cn3n2)c2cc(NC(=O)[C@@H]3C[C@@H]3F)ncc12. The van der Waals surface area contributed by atoms with Gasteiger partial charge in [-0.25, -0.2) is 23.9 Å². The number of rotatable bonds is 5. The minimum Gasteiger partial charge on any atom is -0.495 e. The van der Waals surface area contributed by atoms with Gasteiger partial charge in [0.15, 0.2) is 11.5 Å². The van der Waals surface area contributed by atoms with E-state index in [2.05, 4.69) is 30.7 Å². The number of carbonyl (C=O) groups excluding carboxylic acids is 1. The smallest absolute Gasteiger partial charge is 0.231 e. The average Bonchev–Trinajstić information content (AvgIpc) is 3.35. The molecule has 1 aliphatic rings. The number of pyridine rings is 3. The van der Waals surface area contributed by atoms with Crippen LogP contribution in [0.15, 0.2) is 36.8 Å². The Bertz CT molecular complexity index is 1390. The van der Waals surface area contributed by atoms with Crippen molar-refractivity contribution >= 4 is 34.0 Å². The molecule has 1 saturated carbocycles. The summed E-state index contributed by atoms with van der Waals surface area (Å²) < 4.78 is 42.6. The molecular weight excluding hydrogens is 389 g/mol. The lowest BCUT2D eigenvalue weighted by atomic mass is 10.1. The molecule has 0 spiro atoms. The summed E-state index contributed by atoms with van der Waals surface area (Å²) in [5, 5.41) is 10.4. The quantitative estimate of drug-likeness (QED) is 0.521. The number of aromatic nitrogens is 5. The summed E-state index contributed by atoms with van der Waals surface area (Å²) in [6.07, 6.45) is 3.57. The Morgan fingerprint density at radius 2 is 2.20 bits per heavy atom. The van der Waals surface area contributed by atoms with Crippen molar-refractivity contribution in [3.05, 3.63) is 36.8 Å². The number of carbonyl (C=O) groups is 1. The fourth-order valence-electron chi connectivity index (χ4n) is 3.23. The van der Waals surface area contributed by atoms with Crippen molar-refractivity contribution in [1.82, 2.24) is 24.6 Å². The molecular formula is C20H18FN7O2. The van der Waals surface area contributed by atoms with Crippen LogP contribution in [0.25, 0.3) is 27.8 Å². The van der Waals surface area contributed by atoms with Crippen LogP contribution in [-0.2, 0) is 4.79 Å². The molecule has 0 unspecified atom stereocenters. The Morgan fingerprint density at radius 3 is 2.97 bits per heavy atom. The van der Waals surface area contributed by atoms with Gasteiger partial charge in [-0.2, -0.15) is 0 Å². The van der Waals surface area contributed by atoms with Gasteiger partial charge in [0.1, 0.15) is 23.6 Å². The Labute approximate surface area is 174 Å². The number of anilines is 2. The number of amides is 1. The summed E-state index contributed by atoms with van der Waals surface area (Å²) in [7, 11) is 1.54. The van der Waals surface area contributed by atoms with Crippen LogP contribution in [-0.4, -0.2) is 50.7 Å². The molecule has 0 radical (unpaired) electrons. The first-order valence-electron chi connectivity index (χ1n) is 10.6. The van der Waals surface area contributed by atoms with Crippen molar-refractivity contribution in [1.29, 1.82) is 0 Å². The van der Waals surface area contributed by atoms with Gasteiger partial charge in [-0.3, -0.25) is 4.79 Å². The van der Waals surface area contributed by atoms with Gasteiger partial charge < -0.3 is 15.4 Å². The van der Waals surface area contributed by atoms with Crippen LogP contribution in [0.4, 0.5) is 16.0 Å². The number of nitrogens with one attached hydrogen (secondary N) is 2. The Kier molecular flexibility index (Phi) is 3.47. The van der Waals surface area contributed by atoms with Crippen LogP contribution in [0.3, 0.4) is 0 Å². The number of nitrogens with zero attached hydrogens (tertiary/aromatic N) is 5. The lowest BCUT2D eigenvalue weighted by Crippen LogP contribution is -2.15. The minimum atomic E-state index is -2.48. The Hall–Kier alpha value is -3.82. The topological polar surface area (TPSA) is 106 Å². The van der Waals surface area contributed by atoms with Gasteiger partial charge in [0, 0.05) is 39.8 Å². The predicted molar refractivity (Wildman–Crippen MR) is 109 cm³/mol. The molecule has 0 saturated heterocycles. The second-order valence-corrected chi connectivity index (χ2v) is 6.92. The summed E-state index contributed by atoms with van der Waals surface area (Å²) in [6, 6.07) is 5.06. The normalized spacial score (nSPS) is 19.7. The number of hydrogen-bond acceptors (Lipinski definition) is 7. The van der Waals surface area contributed by atoms with Crippen molar-refractivity contribution in [2.45, 2.75) is 12.6 Å². The van der Waals surface area contributed by atoms with E-state index in [4.69, 9.17) is 8.85 Å². The fourth-order valence-corrected chi connectivity index (χ4v) is 3.23. The highest BCUT2D eigenvalue weighted by molar-refractivity contribution is 6.03. The van der Waals surface area contributed by atoms with Crippen molar-refractivity contribution in [2.24, 2.45) is 5.92 Å². The molecule has 2 N–H and O–H groups in total. The molecule has 0 bridgehead atoms. The molecule has 1 fully saturated rings. The summed E-state index contributed by atoms with van der Waals surface area (Å²) in [6.45, 7) is -2.48. The van der Waals surface area contributed by atoms with E-state index in [1.807, 2.05) is 0 Å². The van der Waals surface area contributed by atoms with Crippen LogP contribution in [0.5, 0.6) is 5.75 Å². The monoisotopic (exact) mass is 410 g/mol. The second kappa shape index (κ2) is 6.90. The van der Waals surface area contributed by atoms with E-state index in [9.17, 15) is 9.18 Å². The maximum Gasteiger partial charge on any atom is 0.231 e. The van der Waals surface area contributed by atoms with Gasteiger partial charge in [0.05, 0.1) is 19.2 Å². The summed E-state index contributed by atoms with van der Waals surface area (Å²) >= 11 is 0. The van der Waals surface area contributed by atoms with E-state index in [0.29, 0.717) is 33.6 Å². The standard InChI is InChI=1S/C20H18FN7O2/c1-22-18-13-7-23-16(25-20(29)12-5-15(12)21)6-11(13)14(8-24-18)19-26-17-4-3-10(30-2)9-28(17)27-19/h3-4,6-9,12,15H,5H2,1-2H3,(H,22,24)(H,23,25,29)/t12-,15+/m1/s1/i1D3. The van der Waals surface area contributed by atoms with Gasteiger partial charge in [-0.15, -0.1) is 5.10 Å².